The Morgan fingerprint density at radius 1 is 0.468 bits per heavy atom. The predicted octanol–water partition coefficient (Wildman–Crippen LogP) is 19.7. The van der Waals surface area contributed by atoms with Crippen LogP contribution in [0.15, 0.2) is 242 Å². The second-order valence-corrected chi connectivity index (χ2v) is 22.1. The van der Waals surface area contributed by atoms with Gasteiger partial charge < -0.3 is 9.80 Å². The second-order valence-electron chi connectivity index (χ2n) is 22.1. The lowest BCUT2D eigenvalue weighted by atomic mass is 9.76. The second kappa shape index (κ2) is 18.5. The molecule has 15 rings (SSSR count). The Morgan fingerprint density at radius 2 is 1.10 bits per heavy atom. The highest BCUT2D eigenvalue weighted by Gasteiger charge is 2.34. The van der Waals surface area contributed by atoms with Gasteiger partial charge in [-0.2, -0.15) is 0 Å². The van der Waals surface area contributed by atoms with Crippen LogP contribution in [0.25, 0.3) is 81.5 Å². The minimum atomic E-state index is 0.0883. The molecular formula is C75H60N2. The van der Waals surface area contributed by atoms with Crippen molar-refractivity contribution in [2.75, 3.05) is 9.80 Å². The molecule has 77 heavy (non-hydrogen) atoms. The lowest BCUT2D eigenvalue weighted by Gasteiger charge is -2.40. The molecule has 2 nitrogen and oxygen atoms in total. The van der Waals surface area contributed by atoms with E-state index in [1.54, 1.807) is 11.1 Å². The number of hydrogen-bond acceptors (Lipinski definition) is 2. The molecule has 0 spiro atoms. The summed E-state index contributed by atoms with van der Waals surface area (Å²) >= 11 is 0. The molecule has 0 amide bonds. The van der Waals surface area contributed by atoms with Crippen molar-refractivity contribution in [3.8, 4) is 11.1 Å². The molecule has 3 aliphatic carbocycles. The maximum atomic E-state index is 2.79. The van der Waals surface area contributed by atoms with Crippen LogP contribution in [0.3, 0.4) is 0 Å². The molecular weight excluding hydrogens is 929 g/mol. The Bertz CT molecular complexity index is 4480. The molecule has 12 aromatic rings. The molecule has 0 aromatic heterocycles. The molecule has 12 aromatic carbocycles. The monoisotopic (exact) mass is 988 g/mol. The summed E-state index contributed by atoms with van der Waals surface area (Å²) in [6, 6.07) is 83.7. The smallest absolute Gasteiger partial charge is 0.0559 e. The molecule has 0 bridgehead atoms. The van der Waals surface area contributed by atoms with Crippen LogP contribution >= 0.6 is 0 Å². The van der Waals surface area contributed by atoms with Crippen LogP contribution in [0.5, 0.6) is 0 Å². The number of aryl methyl sites for hydroxylation is 2. The standard InChI is InChI=1S/C75H60N2/c1-3-15-54-42-58(34-30-48(54)2)76(59-35-31-49-16-4-6-20-55(49)43-59)72-46-70(64-28-13-23-52-18-8-10-26-62(52)64)66-39-41-69-73(47-71(67-38-40-68(72)74(66)75(67)69)65-29-14-24-53-19-9-11-27-63(53)65)77(61-37-33-51-22-12-25-57(51)45-61)60-36-32-50-17-5-7-21-56(50)44-60/h4-11,13-14,16-21,23-24,26-36,38-46,61,71H,3,12,15,22,25,37,47H2,1-2H3. The summed E-state index contributed by atoms with van der Waals surface area (Å²) in [5.74, 6) is 0.0883. The average Bonchev–Trinajstić information content (AvgIpc) is 4.03. The van der Waals surface area contributed by atoms with Gasteiger partial charge in [-0.1, -0.05) is 201 Å². The largest absolute Gasteiger partial charge is 0.337 e. The maximum Gasteiger partial charge on any atom is 0.0559 e. The molecule has 1 fully saturated rings. The molecule has 1 saturated carbocycles. The zero-order chi connectivity index (χ0) is 51.1. The van der Waals surface area contributed by atoms with E-state index in [9.17, 15) is 0 Å². The van der Waals surface area contributed by atoms with Crippen molar-refractivity contribution in [1.29, 1.82) is 0 Å². The number of hydrogen-bond donors (Lipinski definition) is 0. The number of nitrogens with zero attached hydrogens (tertiary/aromatic N) is 2. The average molecular weight is 989 g/mol. The number of anilines is 4. The molecule has 0 saturated heterocycles. The van der Waals surface area contributed by atoms with Crippen LogP contribution in [0.1, 0.15) is 73.6 Å². The van der Waals surface area contributed by atoms with Gasteiger partial charge in [-0.3, -0.25) is 0 Å². The molecule has 2 unspecified atom stereocenters. The van der Waals surface area contributed by atoms with E-state index in [-0.39, 0.29) is 12.0 Å². The zero-order valence-corrected chi connectivity index (χ0v) is 43.9. The summed E-state index contributed by atoms with van der Waals surface area (Å²) < 4.78 is 0. The third kappa shape index (κ3) is 7.60. The van der Waals surface area contributed by atoms with E-state index in [2.05, 4.69) is 254 Å². The van der Waals surface area contributed by atoms with Gasteiger partial charge in [-0.25, -0.2) is 0 Å². The summed E-state index contributed by atoms with van der Waals surface area (Å²) in [6.45, 7) is 4.57. The van der Waals surface area contributed by atoms with Crippen molar-refractivity contribution in [2.24, 2.45) is 0 Å². The van der Waals surface area contributed by atoms with Crippen LogP contribution in [-0.4, -0.2) is 6.04 Å². The first-order chi connectivity index (χ1) is 38.0. The fourth-order valence-electron chi connectivity index (χ4n) is 14.0. The SMILES string of the molecule is CCCc1cc(N(c2ccc3ccccc3c2)c2cc(-c3cccc4ccccc34)c3ccc4c5c(ccc2c35)C(c2cccc3ccccc23)CC=4N(c2ccc3ccccc3c2)C2C=C3CCCC3=CC2)ccc1C. The third-order valence-electron chi connectivity index (χ3n) is 17.7. The van der Waals surface area contributed by atoms with Gasteiger partial charge in [0.15, 0.2) is 0 Å². The maximum absolute atomic E-state index is 2.79. The van der Waals surface area contributed by atoms with Crippen LogP contribution in [0.4, 0.5) is 22.7 Å². The first-order valence-corrected chi connectivity index (χ1v) is 28.1. The number of fused-ring (bicyclic) bond motifs is 5. The molecule has 3 aliphatic rings. The minimum Gasteiger partial charge on any atom is -0.337 e. The first-order valence-electron chi connectivity index (χ1n) is 28.1. The normalized spacial score (nSPS) is 16.2. The quantitative estimate of drug-likeness (QED) is 0.135. The Kier molecular flexibility index (Phi) is 11.0. The van der Waals surface area contributed by atoms with Gasteiger partial charge in [0.1, 0.15) is 0 Å². The van der Waals surface area contributed by atoms with Crippen LogP contribution in [0, 0.1) is 6.92 Å². The highest BCUT2D eigenvalue weighted by molar-refractivity contribution is 6.23. The molecule has 2 atom stereocenters. The summed E-state index contributed by atoms with van der Waals surface area (Å²) in [7, 11) is 0. The Labute approximate surface area is 451 Å². The van der Waals surface area contributed by atoms with Gasteiger partial charge in [0.2, 0.25) is 0 Å². The van der Waals surface area contributed by atoms with E-state index in [1.165, 1.54) is 139 Å². The van der Waals surface area contributed by atoms with Crippen molar-refractivity contribution in [1.82, 2.24) is 0 Å². The Hall–Kier alpha value is -8.72. The fraction of sp³-hybridized carbons (Fsp3) is 0.147. The van der Waals surface area contributed by atoms with Gasteiger partial charge in [0.25, 0.3) is 0 Å². The van der Waals surface area contributed by atoms with Crippen molar-refractivity contribution >= 4 is 93.1 Å². The van der Waals surface area contributed by atoms with E-state index in [1.807, 2.05) is 0 Å². The van der Waals surface area contributed by atoms with Crippen molar-refractivity contribution in [3.05, 3.63) is 269 Å². The van der Waals surface area contributed by atoms with Crippen LogP contribution < -0.4 is 15.0 Å². The molecule has 0 heterocycles. The highest BCUT2D eigenvalue weighted by atomic mass is 15.2. The van der Waals surface area contributed by atoms with E-state index in [0.29, 0.717) is 0 Å². The van der Waals surface area contributed by atoms with Gasteiger partial charge in [0, 0.05) is 39.3 Å². The van der Waals surface area contributed by atoms with Gasteiger partial charge >= 0.3 is 0 Å². The van der Waals surface area contributed by atoms with Gasteiger partial charge in [0.05, 0.1) is 11.7 Å². The zero-order valence-electron chi connectivity index (χ0n) is 43.9. The predicted molar refractivity (Wildman–Crippen MR) is 329 cm³/mol. The van der Waals surface area contributed by atoms with E-state index in [4.69, 9.17) is 0 Å². The lowest BCUT2D eigenvalue weighted by molar-refractivity contribution is 0.732. The number of rotatable bonds is 10. The van der Waals surface area contributed by atoms with Crippen LogP contribution in [0.2, 0.25) is 0 Å². The fourth-order valence-corrected chi connectivity index (χ4v) is 14.0. The number of benzene rings is 12. The molecule has 2 heteroatoms. The van der Waals surface area contributed by atoms with Crippen molar-refractivity contribution in [2.45, 2.75) is 70.8 Å². The highest BCUT2D eigenvalue weighted by Crippen LogP contribution is 2.51. The van der Waals surface area contributed by atoms with Gasteiger partial charge in [-0.15, -0.1) is 0 Å². The topological polar surface area (TPSA) is 6.48 Å². The summed E-state index contributed by atoms with van der Waals surface area (Å²) in [5, 5.41) is 16.7. The summed E-state index contributed by atoms with van der Waals surface area (Å²) in [4.78, 5) is 5.37. The third-order valence-corrected chi connectivity index (χ3v) is 17.7. The van der Waals surface area contributed by atoms with Crippen molar-refractivity contribution < 1.29 is 0 Å². The van der Waals surface area contributed by atoms with E-state index < -0.39 is 0 Å². The first kappa shape index (κ1) is 45.7. The summed E-state index contributed by atoms with van der Waals surface area (Å²) in [6.07, 6.45) is 12.8. The Balaban J connectivity index is 1.10. The van der Waals surface area contributed by atoms with Gasteiger partial charge in [-0.05, 0) is 192 Å². The Morgan fingerprint density at radius 3 is 1.90 bits per heavy atom. The molecule has 0 N–H and O–H groups in total. The molecule has 370 valence electrons. The lowest BCUT2D eigenvalue weighted by Crippen LogP contribution is -2.39. The van der Waals surface area contributed by atoms with Crippen LogP contribution in [-0.2, 0) is 6.42 Å². The minimum absolute atomic E-state index is 0.0883. The summed E-state index contributed by atoms with van der Waals surface area (Å²) in [5.41, 5.74) is 17.3. The number of allylic oxidation sites excluding steroid dienone is 2. The van der Waals surface area contributed by atoms with E-state index >= 15 is 0 Å². The molecule has 0 aliphatic heterocycles. The van der Waals surface area contributed by atoms with E-state index in [0.717, 1.165) is 37.8 Å². The molecule has 0 radical (unpaired) electrons. The van der Waals surface area contributed by atoms with Crippen molar-refractivity contribution in [3.63, 3.8) is 0 Å².